The Labute approximate surface area is 173 Å². The average molecular weight is 413 g/mol. The molecule has 2 saturated heterocycles. The molecule has 0 amide bonds. The molecular weight excluding hydrogens is 376 g/mol. The SMILES string of the molecule is CCc1nccn1CC(C)NC1CCN(C2CCOCC2)CC1.O=CO.O=CO. The van der Waals surface area contributed by atoms with Crippen LogP contribution in [0.25, 0.3) is 0 Å². The van der Waals surface area contributed by atoms with Crippen molar-refractivity contribution >= 4 is 12.9 Å². The lowest BCUT2D eigenvalue weighted by atomic mass is 9.99. The second-order valence-corrected chi connectivity index (χ2v) is 7.28. The first-order chi connectivity index (χ1) is 14.1. The standard InChI is InChI=1S/C18H32N4O.2CH2O2/c1-3-18-19-8-11-22(18)14-15(2)20-16-4-9-21(10-5-16)17-6-12-23-13-7-17;2*2-1-3/h8,11,15-17,20H,3-7,9-10,12-14H2,1-2H3;2*1H,(H,2,3). The number of likely N-dealkylation sites (tertiary alicyclic amines) is 1. The minimum atomic E-state index is -0.250. The van der Waals surface area contributed by atoms with Gasteiger partial charge in [-0.1, -0.05) is 6.92 Å². The molecule has 0 aromatic carbocycles. The number of carboxylic acid groups (broad SMARTS) is 2. The molecule has 9 nitrogen and oxygen atoms in total. The van der Waals surface area contributed by atoms with Crippen molar-refractivity contribution in [3.05, 3.63) is 18.2 Å². The Balaban J connectivity index is 0.000000626. The lowest BCUT2D eigenvalue weighted by Crippen LogP contribution is -2.50. The summed E-state index contributed by atoms with van der Waals surface area (Å²) in [6.45, 7) is 9.35. The fraction of sp³-hybridized carbons (Fsp3) is 0.750. The van der Waals surface area contributed by atoms with Crippen molar-refractivity contribution < 1.29 is 24.5 Å². The molecule has 1 aromatic rings. The first-order valence-electron chi connectivity index (χ1n) is 10.3. The van der Waals surface area contributed by atoms with Crippen LogP contribution < -0.4 is 5.32 Å². The minimum absolute atomic E-state index is 0.250. The van der Waals surface area contributed by atoms with Gasteiger partial charge in [-0.3, -0.25) is 9.59 Å². The summed E-state index contributed by atoms with van der Waals surface area (Å²) in [7, 11) is 0. The fourth-order valence-corrected chi connectivity index (χ4v) is 4.05. The maximum Gasteiger partial charge on any atom is 0.290 e. The molecule has 1 aromatic heterocycles. The van der Waals surface area contributed by atoms with E-state index >= 15 is 0 Å². The van der Waals surface area contributed by atoms with E-state index in [0.29, 0.717) is 12.1 Å². The lowest BCUT2D eigenvalue weighted by Gasteiger charge is -2.40. The van der Waals surface area contributed by atoms with Gasteiger partial charge >= 0.3 is 0 Å². The maximum absolute atomic E-state index is 8.36. The van der Waals surface area contributed by atoms with E-state index in [1.54, 1.807) is 0 Å². The Morgan fingerprint density at radius 3 is 2.34 bits per heavy atom. The van der Waals surface area contributed by atoms with Crippen molar-refractivity contribution in [1.29, 1.82) is 0 Å². The molecule has 3 heterocycles. The van der Waals surface area contributed by atoms with Gasteiger partial charge in [0.2, 0.25) is 0 Å². The molecule has 0 aliphatic carbocycles. The van der Waals surface area contributed by atoms with Gasteiger partial charge in [0, 0.05) is 56.7 Å². The first-order valence-corrected chi connectivity index (χ1v) is 10.3. The number of nitrogens with one attached hydrogen (secondary N) is 1. The molecule has 29 heavy (non-hydrogen) atoms. The molecule has 1 atom stereocenters. The third-order valence-electron chi connectivity index (χ3n) is 5.35. The summed E-state index contributed by atoms with van der Waals surface area (Å²) in [5.41, 5.74) is 0. The molecule has 2 aliphatic heterocycles. The molecule has 9 heteroatoms. The monoisotopic (exact) mass is 412 g/mol. The predicted molar refractivity (Wildman–Crippen MR) is 110 cm³/mol. The zero-order chi connectivity index (χ0) is 21.5. The van der Waals surface area contributed by atoms with E-state index in [4.69, 9.17) is 24.5 Å². The number of carbonyl (C=O) groups is 2. The van der Waals surface area contributed by atoms with Crippen LogP contribution in [-0.4, -0.2) is 82.0 Å². The Kier molecular flexibility index (Phi) is 12.9. The molecule has 3 rings (SSSR count). The number of imidazole rings is 1. The number of aryl methyl sites for hydroxylation is 1. The van der Waals surface area contributed by atoms with Gasteiger partial charge in [0.25, 0.3) is 12.9 Å². The molecular formula is C20H36N4O5. The third-order valence-corrected chi connectivity index (χ3v) is 5.35. The summed E-state index contributed by atoms with van der Waals surface area (Å²) in [6, 6.07) is 1.92. The van der Waals surface area contributed by atoms with Gasteiger partial charge in [-0.2, -0.15) is 0 Å². The van der Waals surface area contributed by atoms with E-state index < -0.39 is 0 Å². The second kappa shape index (κ2) is 14.9. The van der Waals surface area contributed by atoms with Gasteiger partial charge in [-0.25, -0.2) is 4.98 Å². The molecule has 0 spiro atoms. The molecule has 166 valence electrons. The van der Waals surface area contributed by atoms with Crippen LogP contribution in [0.2, 0.25) is 0 Å². The van der Waals surface area contributed by atoms with Crippen molar-refractivity contribution in [3.63, 3.8) is 0 Å². The van der Waals surface area contributed by atoms with Gasteiger partial charge < -0.3 is 29.7 Å². The van der Waals surface area contributed by atoms with E-state index in [0.717, 1.165) is 32.2 Å². The maximum atomic E-state index is 8.36. The highest BCUT2D eigenvalue weighted by Crippen LogP contribution is 2.20. The Hall–Kier alpha value is -1.97. The number of aromatic nitrogens is 2. The van der Waals surface area contributed by atoms with Gasteiger partial charge in [0.15, 0.2) is 0 Å². The summed E-state index contributed by atoms with van der Waals surface area (Å²) >= 11 is 0. The average Bonchev–Trinajstić information content (AvgIpc) is 3.17. The van der Waals surface area contributed by atoms with Crippen LogP contribution in [0.4, 0.5) is 0 Å². The van der Waals surface area contributed by atoms with Crippen molar-refractivity contribution in [3.8, 4) is 0 Å². The van der Waals surface area contributed by atoms with Crippen LogP contribution in [-0.2, 0) is 27.3 Å². The van der Waals surface area contributed by atoms with Crippen molar-refractivity contribution in [2.24, 2.45) is 0 Å². The predicted octanol–water partition coefficient (Wildman–Crippen LogP) is 1.47. The van der Waals surface area contributed by atoms with E-state index in [2.05, 4.69) is 39.8 Å². The topological polar surface area (TPSA) is 117 Å². The number of rotatable bonds is 6. The third kappa shape index (κ3) is 9.38. The van der Waals surface area contributed by atoms with Gasteiger partial charge in [-0.15, -0.1) is 0 Å². The summed E-state index contributed by atoms with van der Waals surface area (Å²) in [4.78, 5) is 23.8. The van der Waals surface area contributed by atoms with Crippen molar-refractivity contribution in [2.45, 2.75) is 70.6 Å². The molecule has 2 fully saturated rings. The molecule has 3 N–H and O–H groups in total. The number of nitrogens with zero attached hydrogens (tertiary/aromatic N) is 3. The number of piperidine rings is 1. The second-order valence-electron chi connectivity index (χ2n) is 7.28. The van der Waals surface area contributed by atoms with Crippen LogP contribution in [0.1, 0.15) is 45.4 Å². The quantitative estimate of drug-likeness (QED) is 0.602. The van der Waals surface area contributed by atoms with E-state index in [1.807, 2.05) is 6.20 Å². The van der Waals surface area contributed by atoms with Gasteiger partial charge in [-0.05, 0) is 45.7 Å². The zero-order valence-corrected chi connectivity index (χ0v) is 17.6. The molecule has 2 aliphatic rings. The molecule has 0 bridgehead atoms. The fourth-order valence-electron chi connectivity index (χ4n) is 4.05. The van der Waals surface area contributed by atoms with Crippen LogP contribution in [0, 0.1) is 0 Å². The van der Waals surface area contributed by atoms with Crippen LogP contribution in [0.15, 0.2) is 12.4 Å². The Bertz CT molecular complexity index is 549. The number of hydrogen-bond acceptors (Lipinski definition) is 6. The minimum Gasteiger partial charge on any atom is -0.483 e. The summed E-state index contributed by atoms with van der Waals surface area (Å²) < 4.78 is 7.77. The van der Waals surface area contributed by atoms with Crippen molar-refractivity contribution in [1.82, 2.24) is 19.8 Å². The van der Waals surface area contributed by atoms with Crippen LogP contribution in [0.5, 0.6) is 0 Å². The number of ether oxygens (including phenoxy) is 1. The van der Waals surface area contributed by atoms with Crippen molar-refractivity contribution in [2.75, 3.05) is 26.3 Å². The zero-order valence-electron chi connectivity index (χ0n) is 17.6. The molecule has 0 radical (unpaired) electrons. The largest absolute Gasteiger partial charge is 0.483 e. The van der Waals surface area contributed by atoms with Gasteiger partial charge in [0.1, 0.15) is 5.82 Å². The summed E-state index contributed by atoms with van der Waals surface area (Å²) in [5.74, 6) is 1.19. The highest BCUT2D eigenvalue weighted by atomic mass is 16.5. The highest BCUT2D eigenvalue weighted by molar-refractivity contribution is 5.33. The smallest absolute Gasteiger partial charge is 0.290 e. The van der Waals surface area contributed by atoms with Gasteiger partial charge in [0.05, 0.1) is 0 Å². The molecule has 0 saturated carbocycles. The van der Waals surface area contributed by atoms with Crippen LogP contribution >= 0.6 is 0 Å². The summed E-state index contributed by atoms with van der Waals surface area (Å²) in [6.07, 6.45) is 9.99. The van der Waals surface area contributed by atoms with E-state index in [1.165, 1.54) is 44.6 Å². The van der Waals surface area contributed by atoms with Crippen LogP contribution in [0.3, 0.4) is 0 Å². The first kappa shape index (κ1) is 25.1. The lowest BCUT2D eigenvalue weighted by molar-refractivity contribution is -0.123. The Morgan fingerprint density at radius 1 is 1.21 bits per heavy atom. The highest BCUT2D eigenvalue weighted by Gasteiger charge is 2.26. The molecule has 1 unspecified atom stereocenters. The number of hydrogen-bond donors (Lipinski definition) is 3. The van der Waals surface area contributed by atoms with E-state index in [-0.39, 0.29) is 12.9 Å². The normalized spacial score (nSPS) is 19.2. The van der Waals surface area contributed by atoms with E-state index in [9.17, 15) is 0 Å². The summed E-state index contributed by atoms with van der Waals surface area (Å²) in [5, 5.41) is 17.6. The Morgan fingerprint density at radius 2 is 1.79 bits per heavy atom.